The molecule has 0 radical (unpaired) electrons. The molecule has 1 aliphatic heterocycles. The lowest BCUT2D eigenvalue weighted by atomic mass is 10.1. The Balaban J connectivity index is 1.56. The standard InChI is InChI=1S/C20H23F3N4O2/c1-2-26-11-17(25-12-26)19(28)27(10-16-14-7-24-8-15(14)16)9-13-5-3-4-6-18(13)29-20(21,22)23/h3-6,11-12,14-16,24H,2,7-10H2,1H3. The molecule has 2 aliphatic rings. The number of hydrogen-bond donors (Lipinski definition) is 1. The zero-order valence-corrected chi connectivity index (χ0v) is 16.0. The molecule has 2 unspecified atom stereocenters. The van der Waals surface area contributed by atoms with Gasteiger partial charge < -0.3 is 19.5 Å². The van der Waals surface area contributed by atoms with Crippen LogP contribution in [0.1, 0.15) is 23.0 Å². The average Bonchev–Trinajstić information content (AvgIpc) is 3.09. The number of rotatable bonds is 7. The van der Waals surface area contributed by atoms with Gasteiger partial charge in [0.2, 0.25) is 0 Å². The summed E-state index contributed by atoms with van der Waals surface area (Å²) in [5.74, 6) is 0.857. The van der Waals surface area contributed by atoms with Crippen molar-refractivity contribution in [2.45, 2.75) is 26.4 Å². The normalized spacial score (nSPS) is 23.0. The van der Waals surface area contributed by atoms with Crippen LogP contribution in [0.5, 0.6) is 5.75 Å². The maximum absolute atomic E-state index is 13.1. The van der Waals surface area contributed by atoms with Gasteiger partial charge in [-0.15, -0.1) is 13.2 Å². The molecule has 6 nitrogen and oxygen atoms in total. The van der Waals surface area contributed by atoms with Gasteiger partial charge in [0.05, 0.1) is 6.33 Å². The molecule has 29 heavy (non-hydrogen) atoms. The van der Waals surface area contributed by atoms with E-state index in [0.717, 1.165) is 13.1 Å². The summed E-state index contributed by atoms with van der Waals surface area (Å²) in [6, 6.07) is 5.95. The van der Waals surface area contributed by atoms with E-state index in [9.17, 15) is 18.0 Å². The topological polar surface area (TPSA) is 59.4 Å². The van der Waals surface area contributed by atoms with Gasteiger partial charge in [-0.3, -0.25) is 4.79 Å². The second-order valence-electron chi connectivity index (χ2n) is 7.58. The van der Waals surface area contributed by atoms with E-state index in [4.69, 9.17) is 0 Å². The molecule has 2 aromatic rings. The van der Waals surface area contributed by atoms with Crippen LogP contribution in [0.3, 0.4) is 0 Å². The van der Waals surface area contributed by atoms with Crippen molar-refractivity contribution in [2.24, 2.45) is 17.8 Å². The van der Waals surface area contributed by atoms with Crippen LogP contribution in [0.4, 0.5) is 13.2 Å². The van der Waals surface area contributed by atoms with Gasteiger partial charge in [-0.25, -0.2) is 4.98 Å². The molecule has 2 atom stereocenters. The van der Waals surface area contributed by atoms with E-state index in [1.54, 1.807) is 34.1 Å². The SMILES string of the molecule is CCn1cnc(C(=O)N(Cc2ccccc2OC(F)(F)F)CC2C3CNCC32)c1. The number of carbonyl (C=O) groups is 1. The summed E-state index contributed by atoms with van der Waals surface area (Å²) in [5, 5.41) is 3.32. The smallest absolute Gasteiger partial charge is 0.405 e. The quantitative estimate of drug-likeness (QED) is 0.766. The summed E-state index contributed by atoms with van der Waals surface area (Å²) < 4.78 is 44.3. The molecule has 2 heterocycles. The van der Waals surface area contributed by atoms with E-state index in [2.05, 4.69) is 15.0 Å². The minimum atomic E-state index is -4.79. The Morgan fingerprint density at radius 2 is 2.03 bits per heavy atom. The zero-order valence-electron chi connectivity index (χ0n) is 16.0. The lowest BCUT2D eigenvalue weighted by Crippen LogP contribution is -2.35. The third-order valence-corrected chi connectivity index (χ3v) is 5.76. The Morgan fingerprint density at radius 1 is 1.31 bits per heavy atom. The van der Waals surface area contributed by atoms with Crippen LogP contribution in [0.25, 0.3) is 0 Å². The Hall–Kier alpha value is -2.55. The number of hydrogen-bond acceptors (Lipinski definition) is 4. The summed E-state index contributed by atoms with van der Waals surface area (Å²) in [7, 11) is 0. The van der Waals surface area contributed by atoms with Crippen molar-refractivity contribution in [3.8, 4) is 5.75 Å². The number of alkyl halides is 3. The first-order valence-electron chi connectivity index (χ1n) is 9.71. The van der Waals surface area contributed by atoms with Crippen LogP contribution in [-0.4, -0.2) is 46.4 Å². The number of nitrogens with zero attached hydrogens (tertiary/aromatic N) is 3. The number of halogens is 3. The van der Waals surface area contributed by atoms with Gasteiger partial charge in [-0.1, -0.05) is 18.2 Å². The second kappa shape index (κ2) is 7.70. The fraction of sp³-hybridized carbons (Fsp3) is 0.500. The lowest BCUT2D eigenvalue weighted by Gasteiger charge is -2.24. The molecule has 4 rings (SSSR count). The van der Waals surface area contributed by atoms with Crippen molar-refractivity contribution >= 4 is 5.91 Å². The predicted octanol–water partition coefficient (Wildman–Crippen LogP) is 2.91. The molecule has 156 valence electrons. The molecule has 0 spiro atoms. The molecule has 2 fully saturated rings. The molecule has 1 saturated carbocycles. The lowest BCUT2D eigenvalue weighted by molar-refractivity contribution is -0.275. The second-order valence-corrected chi connectivity index (χ2v) is 7.58. The maximum Gasteiger partial charge on any atom is 0.573 e. The first kappa shape index (κ1) is 19.8. The molecule has 1 N–H and O–H groups in total. The van der Waals surface area contributed by atoms with E-state index in [1.807, 2.05) is 6.92 Å². The van der Waals surface area contributed by atoms with Crippen LogP contribution < -0.4 is 10.1 Å². The van der Waals surface area contributed by atoms with Gasteiger partial charge >= 0.3 is 6.36 Å². The monoisotopic (exact) mass is 408 g/mol. The number of ether oxygens (including phenoxy) is 1. The summed E-state index contributed by atoms with van der Waals surface area (Å²) in [6.45, 7) is 5.01. The minimum absolute atomic E-state index is 0.0352. The largest absolute Gasteiger partial charge is 0.573 e. The Labute approximate surface area is 166 Å². The molecule has 0 bridgehead atoms. The molecular weight excluding hydrogens is 385 g/mol. The van der Waals surface area contributed by atoms with Crippen LogP contribution in [0, 0.1) is 17.8 Å². The summed E-state index contributed by atoms with van der Waals surface area (Å²) in [5.41, 5.74) is 0.613. The predicted molar refractivity (Wildman–Crippen MR) is 99.1 cm³/mol. The van der Waals surface area contributed by atoms with Crippen molar-refractivity contribution in [2.75, 3.05) is 19.6 Å². The van der Waals surface area contributed by atoms with Crippen LogP contribution in [0.2, 0.25) is 0 Å². The number of amides is 1. The van der Waals surface area contributed by atoms with Crippen molar-refractivity contribution in [1.29, 1.82) is 0 Å². The fourth-order valence-corrected chi connectivity index (χ4v) is 4.16. The maximum atomic E-state index is 13.1. The molecule has 1 saturated heterocycles. The average molecular weight is 408 g/mol. The fourth-order valence-electron chi connectivity index (χ4n) is 4.16. The number of para-hydroxylation sites is 1. The van der Waals surface area contributed by atoms with Gasteiger partial charge in [-0.2, -0.15) is 0 Å². The number of carbonyl (C=O) groups excluding carboxylic acids is 1. The first-order chi connectivity index (χ1) is 13.9. The van der Waals surface area contributed by atoms with E-state index in [1.165, 1.54) is 12.1 Å². The van der Waals surface area contributed by atoms with Crippen molar-refractivity contribution < 1.29 is 22.7 Å². The number of imidazole rings is 1. The highest BCUT2D eigenvalue weighted by Crippen LogP contribution is 2.49. The summed E-state index contributed by atoms with van der Waals surface area (Å²) in [6.07, 6.45) is -1.53. The summed E-state index contributed by atoms with van der Waals surface area (Å²) >= 11 is 0. The van der Waals surface area contributed by atoms with Gasteiger partial charge in [0.15, 0.2) is 0 Å². The van der Waals surface area contributed by atoms with E-state index in [-0.39, 0.29) is 18.2 Å². The highest BCUT2D eigenvalue weighted by atomic mass is 19.4. The van der Waals surface area contributed by atoms with Crippen molar-refractivity contribution in [3.63, 3.8) is 0 Å². The van der Waals surface area contributed by atoms with Gasteiger partial charge in [0.1, 0.15) is 11.4 Å². The zero-order chi connectivity index (χ0) is 20.6. The van der Waals surface area contributed by atoms with E-state index < -0.39 is 6.36 Å². The number of aromatic nitrogens is 2. The third kappa shape index (κ3) is 4.39. The highest BCUT2D eigenvalue weighted by Gasteiger charge is 2.53. The van der Waals surface area contributed by atoms with Gasteiger partial charge in [-0.05, 0) is 43.8 Å². The molecule has 1 aromatic carbocycles. The van der Waals surface area contributed by atoms with Crippen LogP contribution >= 0.6 is 0 Å². The number of fused-ring (bicyclic) bond motifs is 1. The van der Waals surface area contributed by atoms with E-state index >= 15 is 0 Å². The van der Waals surface area contributed by atoms with Crippen molar-refractivity contribution in [1.82, 2.24) is 19.8 Å². The molecular formula is C20H23F3N4O2. The van der Waals surface area contributed by atoms with E-state index in [0.29, 0.717) is 42.1 Å². The Morgan fingerprint density at radius 3 is 2.69 bits per heavy atom. The Bertz CT molecular complexity index is 873. The molecule has 9 heteroatoms. The van der Waals surface area contributed by atoms with Gasteiger partial charge in [0.25, 0.3) is 5.91 Å². The Kier molecular flexibility index (Phi) is 5.24. The van der Waals surface area contributed by atoms with Crippen LogP contribution in [0.15, 0.2) is 36.8 Å². The number of nitrogens with one attached hydrogen (secondary N) is 1. The number of aryl methyl sites for hydroxylation is 1. The number of piperidine rings is 1. The van der Waals surface area contributed by atoms with Gasteiger partial charge in [0, 0.05) is 31.4 Å². The van der Waals surface area contributed by atoms with Crippen LogP contribution in [-0.2, 0) is 13.1 Å². The number of benzene rings is 1. The van der Waals surface area contributed by atoms with Crippen molar-refractivity contribution in [3.05, 3.63) is 48.0 Å². The first-order valence-corrected chi connectivity index (χ1v) is 9.71. The third-order valence-electron chi connectivity index (χ3n) is 5.76. The molecule has 1 aromatic heterocycles. The summed E-state index contributed by atoms with van der Waals surface area (Å²) in [4.78, 5) is 18.9. The highest BCUT2D eigenvalue weighted by molar-refractivity contribution is 5.92. The molecule has 1 amide bonds. The molecule has 1 aliphatic carbocycles. The minimum Gasteiger partial charge on any atom is -0.405 e.